The fourth-order valence-corrected chi connectivity index (χ4v) is 4.43. The third-order valence-electron chi connectivity index (χ3n) is 5.22. The first-order valence-corrected chi connectivity index (χ1v) is 11.5. The van der Waals surface area contributed by atoms with Crippen LogP contribution in [0.4, 0.5) is 5.69 Å². The van der Waals surface area contributed by atoms with Crippen LogP contribution in [0.3, 0.4) is 0 Å². The van der Waals surface area contributed by atoms with Crippen LogP contribution in [0, 0.1) is 25.5 Å². The number of nitrogens with zero attached hydrogens (tertiary/aromatic N) is 3. The fourth-order valence-electron chi connectivity index (χ4n) is 3.64. The molecule has 8 heteroatoms. The number of rotatable bonds is 5. The van der Waals surface area contributed by atoms with Crippen LogP contribution < -0.4 is 5.32 Å². The van der Waals surface area contributed by atoms with Crippen LogP contribution in [0.2, 0.25) is 10.0 Å². The number of hydrogen-bond donors (Lipinski definition) is 1. The van der Waals surface area contributed by atoms with E-state index in [1.165, 1.54) is 4.68 Å². The molecule has 4 rings (SSSR count). The SMILES string of the molecule is Cc1cccc(-n2c(-c3ccc(Cl)cc3Cl)nn(CC(=O)Nc3ccc(C)cc3C)c2=S)c1. The number of carbonyl (C=O) groups is 1. The molecule has 0 spiro atoms. The number of hydrogen-bond acceptors (Lipinski definition) is 3. The molecule has 1 amide bonds. The lowest BCUT2D eigenvalue weighted by atomic mass is 10.1. The summed E-state index contributed by atoms with van der Waals surface area (Å²) in [5.41, 5.74) is 5.46. The quantitative estimate of drug-likeness (QED) is 0.304. The Labute approximate surface area is 207 Å². The molecule has 0 fully saturated rings. The highest BCUT2D eigenvalue weighted by Gasteiger charge is 2.19. The Morgan fingerprint density at radius 3 is 2.45 bits per heavy atom. The summed E-state index contributed by atoms with van der Waals surface area (Å²) in [7, 11) is 0. The third-order valence-corrected chi connectivity index (χ3v) is 6.16. The first kappa shape index (κ1) is 23.2. The summed E-state index contributed by atoms with van der Waals surface area (Å²) in [6, 6.07) is 19.0. The van der Waals surface area contributed by atoms with Crippen molar-refractivity contribution in [3.05, 3.63) is 92.2 Å². The van der Waals surface area contributed by atoms with Crippen molar-refractivity contribution in [1.29, 1.82) is 0 Å². The number of aryl methyl sites for hydroxylation is 3. The van der Waals surface area contributed by atoms with E-state index in [0.717, 1.165) is 28.1 Å². The normalized spacial score (nSPS) is 10.9. The van der Waals surface area contributed by atoms with E-state index in [1.54, 1.807) is 18.2 Å². The van der Waals surface area contributed by atoms with Crippen molar-refractivity contribution in [3.8, 4) is 17.1 Å². The Morgan fingerprint density at radius 1 is 1.00 bits per heavy atom. The first-order chi connectivity index (χ1) is 15.7. The summed E-state index contributed by atoms with van der Waals surface area (Å²) in [6.45, 7) is 5.94. The molecule has 4 aromatic rings. The lowest BCUT2D eigenvalue weighted by Gasteiger charge is -2.09. The van der Waals surface area contributed by atoms with E-state index in [0.29, 0.717) is 26.2 Å². The van der Waals surface area contributed by atoms with Crippen molar-refractivity contribution >= 4 is 47.0 Å². The summed E-state index contributed by atoms with van der Waals surface area (Å²) >= 11 is 18.3. The van der Waals surface area contributed by atoms with Gasteiger partial charge in [-0.1, -0.05) is 53.0 Å². The molecule has 1 aromatic heterocycles. The van der Waals surface area contributed by atoms with E-state index in [9.17, 15) is 4.79 Å². The molecule has 0 aliphatic rings. The van der Waals surface area contributed by atoms with Crippen molar-refractivity contribution in [2.45, 2.75) is 27.3 Å². The number of amides is 1. The maximum Gasteiger partial charge on any atom is 0.246 e. The second-order valence-electron chi connectivity index (χ2n) is 7.93. The van der Waals surface area contributed by atoms with Gasteiger partial charge in [0.1, 0.15) is 6.54 Å². The monoisotopic (exact) mass is 496 g/mol. The van der Waals surface area contributed by atoms with E-state index >= 15 is 0 Å². The number of carbonyl (C=O) groups excluding carboxylic acids is 1. The van der Waals surface area contributed by atoms with E-state index in [1.807, 2.05) is 67.8 Å². The highest BCUT2D eigenvalue weighted by molar-refractivity contribution is 7.71. The average molecular weight is 497 g/mol. The molecule has 0 aliphatic heterocycles. The molecular weight excluding hydrogens is 475 g/mol. The molecule has 0 saturated heterocycles. The number of anilines is 1. The second kappa shape index (κ2) is 9.51. The lowest BCUT2D eigenvalue weighted by molar-refractivity contribution is -0.116. The van der Waals surface area contributed by atoms with Crippen LogP contribution in [0.15, 0.2) is 60.7 Å². The third kappa shape index (κ3) is 5.03. The van der Waals surface area contributed by atoms with Crippen LogP contribution in [-0.2, 0) is 11.3 Å². The summed E-state index contributed by atoms with van der Waals surface area (Å²) in [6.07, 6.45) is 0. The molecule has 0 saturated carbocycles. The zero-order valence-corrected chi connectivity index (χ0v) is 20.7. The maximum absolute atomic E-state index is 12.9. The van der Waals surface area contributed by atoms with Gasteiger partial charge in [-0.2, -0.15) is 5.10 Å². The molecule has 0 radical (unpaired) electrons. The van der Waals surface area contributed by atoms with Crippen LogP contribution in [0.25, 0.3) is 17.1 Å². The predicted molar refractivity (Wildman–Crippen MR) is 137 cm³/mol. The minimum Gasteiger partial charge on any atom is -0.324 e. The highest BCUT2D eigenvalue weighted by Crippen LogP contribution is 2.31. The molecule has 0 atom stereocenters. The maximum atomic E-state index is 12.9. The Balaban J connectivity index is 1.76. The Hall–Kier alpha value is -2.93. The van der Waals surface area contributed by atoms with Gasteiger partial charge in [0.05, 0.1) is 10.7 Å². The summed E-state index contributed by atoms with van der Waals surface area (Å²) in [5.74, 6) is 0.312. The van der Waals surface area contributed by atoms with Gasteiger partial charge in [-0.25, -0.2) is 4.68 Å². The van der Waals surface area contributed by atoms with Gasteiger partial charge in [-0.3, -0.25) is 9.36 Å². The van der Waals surface area contributed by atoms with Gasteiger partial charge >= 0.3 is 0 Å². The minimum absolute atomic E-state index is 0.0385. The van der Waals surface area contributed by atoms with Crippen LogP contribution >= 0.6 is 35.4 Å². The average Bonchev–Trinajstić information content (AvgIpc) is 3.05. The Kier molecular flexibility index (Phi) is 6.70. The molecule has 3 aromatic carbocycles. The highest BCUT2D eigenvalue weighted by atomic mass is 35.5. The van der Waals surface area contributed by atoms with Crippen LogP contribution in [0.1, 0.15) is 16.7 Å². The topological polar surface area (TPSA) is 51.9 Å². The van der Waals surface area contributed by atoms with Crippen molar-refractivity contribution in [2.75, 3.05) is 5.32 Å². The van der Waals surface area contributed by atoms with Gasteiger partial charge in [0, 0.05) is 16.3 Å². The molecule has 0 bridgehead atoms. The minimum atomic E-state index is -0.222. The molecule has 1 N–H and O–H groups in total. The lowest BCUT2D eigenvalue weighted by Crippen LogP contribution is -2.20. The van der Waals surface area contributed by atoms with Gasteiger partial charge in [0.15, 0.2) is 5.82 Å². The van der Waals surface area contributed by atoms with Crippen molar-refractivity contribution in [1.82, 2.24) is 14.3 Å². The largest absolute Gasteiger partial charge is 0.324 e. The number of benzene rings is 3. The second-order valence-corrected chi connectivity index (χ2v) is 9.14. The van der Waals surface area contributed by atoms with Crippen molar-refractivity contribution < 1.29 is 4.79 Å². The predicted octanol–water partition coefficient (Wildman–Crippen LogP) is 6.94. The zero-order valence-electron chi connectivity index (χ0n) is 18.4. The Bertz CT molecular complexity index is 1420. The van der Waals surface area contributed by atoms with E-state index < -0.39 is 0 Å². The fraction of sp³-hybridized carbons (Fsp3) is 0.160. The van der Waals surface area contributed by atoms with E-state index in [2.05, 4.69) is 10.4 Å². The van der Waals surface area contributed by atoms with Gasteiger partial charge < -0.3 is 5.32 Å². The molecule has 1 heterocycles. The molecule has 5 nitrogen and oxygen atoms in total. The van der Waals surface area contributed by atoms with Gasteiger partial charge in [0.2, 0.25) is 10.7 Å². The molecule has 168 valence electrons. The molecular formula is C25H22Cl2N4OS. The van der Waals surface area contributed by atoms with Crippen molar-refractivity contribution in [2.24, 2.45) is 0 Å². The van der Waals surface area contributed by atoms with Crippen molar-refractivity contribution in [3.63, 3.8) is 0 Å². The summed E-state index contributed by atoms with van der Waals surface area (Å²) in [5, 5.41) is 8.60. The van der Waals surface area contributed by atoms with Crippen LogP contribution in [-0.4, -0.2) is 20.3 Å². The van der Waals surface area contributed by atoms with Gasteiger partial charge in [0.25, 0.3) is 0 Å². The Morgan fingerprint density at radius 2 is 1.76 bits per heavy atom. The molecule has 0 unspecified atom stereocenters. The standard InChI is InChI=1S/C25H22Cl2N4OS/c1-15-5-4-6-19(12-15)31-24(20-9-8-18(26)13-21(20)27)29-30(25(31)33)14-23(32)28-22-10-7-16(2)11-17(22)3/h4-13H,14H2,1-3H3,(H,28,32). The van der Waals surface area contributed by atoms with E-state index in [4.69, 9.17) is 35.4 Å². The van der Waals surface area contributed by atoms with Gasteiger partial charge in [-0.05, 0) is 80.5 Å². The van der Waals surface area contributed by atoms with E-state index in [-0.39, 0.29) is 12.5 Å². The number of halogens is 2. The molecule has 0 aliphatic carbocycles. The van der Waals surface area contributed by atoms with Gasteiger partial charge in [-0.15, -0.1) is 0 Å². The number of aromatic nitrogens is 3. The zero-order chi connectivity index (χ0) is 23.7. The number of nitrogens with one attached hydrogen (secondary N) is 1. The smallest absolute Gasteiger partial charge is 0.246 e. The summed E-state index contributed by atoms with van der Waals surface area (Å²) in [4.78, 5) is 12.9. The molecule has 33 heavy (non-hydrogen) atoms. The summed E-state index contributed by atoms with van der Waals surface area (Å²) < 4.78 is 3.72. The first-order valence-electron chi connectivity index (χ1n) is 10.3. The van der Waals surface area contributed by atoms with Crippen LogP contribution in [0.5, 0.6) is 0 Å².